The summed E-state index contributed by atoms with van der Waals surface area (Å²) in [5, 5.41) is 27.7. The van der Waals surface area contributed by atoms with Crippen LogP contribution in [0.5, 0.6) is 0 Å². The van der Waals surface area contributed by atoms with E-state index in [4.69, 9.17) is 10.4 Å². The molecule has 86 valence electrons. The van der Waals surface area contributed by atoms with Gasteiger partial charge in [-0.25, -0.2) is 0 Å². The molecule has 0 radical (unpaired) electrons. The average Bonchev–Trinajstić information content (AvgIpc) is 2.28. The van der Waals surface area contributed by atoms with Crippen LogP contribution >= 0.6 is 0 Å². The molecule has 0 saturated carbocycles. The van der Waals surface area contributed by atoms with Gasteiger partial charge in [0, 0.05) is 6.07 Å². The maximum atomic E-state index is 10.7. The van der Waals surface area contributed by atoms with Gasteiger partial charge < -0.3 is 5.11 Å². The SMILES string of the molecule is N#Cc1ccc(C=CCC(=O)O)cc1[N+](=O)[O-]. The van der Waals surface area contributed by atoms with Gasteiger partial charge in [0.25, 0.3) is 5.69 Å². The van der Waals surface area contributed by atoms with Crippen molar-refractivity contribution in [3.05, 3.63) is 45.5 Å². The van der Waals surface area contributed by atoms with Crippen LogP contribution in [0.15, 0.2) is 24.3 Å². The van der Waals surface area contributed by atoms with E-state index in [9.17, 15) is 14.9 Å². The number of benzene rings is 1. The van der Waals surface area contributed by atoms with Crippen molar-refractivity contribution in [2.75, 3.05) is 0 Å². The number of nitro benzene ring substituents is 1. The zero-order chi connectivity index (χ0) is 12.8. The van der Waals surface area contributed by atoms with Crippen molar-refractivity contribution in [3.8, 4) is 6.07 Å². The lowest BCUT2D eigenvalue weighted by molar-refractivity contribution is -0.385. The Bertz CT molecular complexity index is 529. The highest BCUT2D eigenvalue weighted by atomic mass is 16.6. The molecule has 0 aliphatic carbocycles. The Morgan fingerprint density at radius 2 is 2.29 bits per heavy atom. The molecule has 1 rings (SSSR count). The molecule has 6 heteroatoms. The van der Waals surface area contributed by atoms with Gasteiger partial charge in [0.15, 0.2) is 0 Å². The lowest BCUT2D eigenvalue weighted by Gasteiger charge is -1.96. The summed E-state index contributed by atoms with van der Waals surface area (Å²) in [6, 6.07) is 5.80. The molecule has 0 aromatic heterocycles. The molecule has 0 atom stereocenters. The zero-order valence-electron chi connectivity index (χ0n) is 8.66. The summed E-state index contributed by atoms with van der Waals surface area (Å²) < 4.78 is 0. The molecule has 1 aromatic carbocycles. The van der Waals surface area contributed by atoms with Gasteiger partial charge in [-0.15, -0.1) is 0 Å². The first-order valence-corrected chi connectivity index (χ1v) is 4.61. The standard InChI is InChI=1S/C11H8N2O4/c12-7-9-5-4-8(2-1-3-11(14)15)6-10(9)13(16)17/h1-2,4-6H,3H2,(H,14,15). The van der Waals surface area contributed by atoms with Crippen LogP contribution in [-0.4, -0.2) is 16.0 Å². The number of carboxylic acid groups (broad SMARTS) is 1. The van der Waals surface area contributed by atoms with Crippen LogP contribution in [-0.2, 0) is 4.79 Å². The first kappa shape index (κ1) is 12.4. The molecule has 0 aliphatic rings. The van der Waals surface area contributed by atoms with Gasteiger partial charge in [-0.05, 0) is 11.6 Å². The van der Waals surface area contributed by atoms with Crippen LogP contribution in [0.3, 0.4) is 0 Å². The number of hydrogen-bond acceptors (Lipinski definition) is 4. The summed E-state index contributed by atoms with van der Waals surface area (Å²) in [6.07, 6.45) is 2.68. The predicted octanol–water partition coefficient (Wildman–Crippen LogP) is 1.95. The van der Waals surface area contributed by atoms with E-state index in [-0.39, 0.29) is 17.7 Å². The van der Waals surface area contributed by atoms with E-state index >= 15 is 0 Å². The lowest BCUT2D eigenvalue weighted by Crippen LogP contribution is -1.93. The van der Waals surface area contributed by atoms with Crippen LogP contribution in [0.1, 0.15) is 17.5 Å². The Morgan fingerprint density at radius 3 is 2.82 bits per heavy atom. The molecule has 17 heavy (non-hydrogen) atoms. The van der Waals surface area contributed by atoms with Crippen LogP contribution in [0.25, 0.3) is 6.08 Å². The van der Waals surface area contributed by atoms with E-state index < -0.39 is 10.9 Å². The van der Waals surface area contributed by atoms with E-state index in [1.807, 2.05) is 0 Å². The van der Waals surface area contributed by atoms with Crippen molar-refractivity contribution in [3.63, 3.8) is 0 Å². The summed E-state index contributed by atoms with van der Waals surface area (Å²) in [5.74, 6) is -0.982. The predicted molar refractivity (Wildman–Crippen MR) is 59.1 cm³/mol. The first-order valence-electron chi connectivity index (χ1n) is 4.61. The maximum absolute atomic E-state index is 10.7. The summed E-state index contributed by atoms with van der Waals surface area (Å²) in [6.45, 7) is 0. The number of aliphatic carboxylic acids is 1. The fourth-order valence-electron chi connectivity index (χ4n) is 1.19. The Labute approximate surface area is 96.6 Å². The van der Waals surface area contributed by atoms with E-state index in [1.54, 1.807) is 6.07 Å². The molecule has 0 unspecified atom stereocenters. The topological polar surface area (TPSA) is 104 Å². The third-order valence-electron chi connectivity index (χ3n) is 1.94. The molecule has 0 saturated heterocycles. The highest BCUT2D eigenvalue weighted by Crippen LogP contribution is 2.20. The van der Waals surface area contributed by atoms with Crippen LogP contribution in [0.4, 0.5) is 5.69 Å². The van der Waals surface area contributed by atoms with E-state index in [1.165, 1.54) is 30.4 Å². The van der Waals surface area contributed by atoms with Crippen molar-refractivity contribution < 1.29 is 14.8 Å². The summed E-state index contributed by atoms with van der Waals surface area (Å²) >= 11 is 0. The molecule has 0 aliphatic heterocycles. The number of nitriles is 1. The molecule has 1 N–H and O–H groups in total. The quantitative estimate of drug-likeness (QED) is 0.631. The van der Waals surface area contributed by atoms with Gasteiger partial charge in [0.1, 0.15) is 11.6 Å². The smallest absolute Gasteiger partial charge is 0.307 e. The van der Waals surface area contributed by atoms with Gasteiger partial charge in [-0.2, -0.15) is 5.26 Å². The maximum Gasteiger partial charge on any atom is 0.307 e. The number of nitrogens with zero attached hydrogens (tertiary/aromatic N) is 2. The minimum Gasteiger partial charge on any atom is -0.481 e. The summed E-state index contributed by atoms with van der Waals surface area (Å²) in [7, 11) is 0. The van der Waals surface area contributed by atoms with Crippen LogP contribution < -0.4 is 0 Å². The number of carboxylic acids is 1. The van der Waals surface area contributed by atoms with Crippen molar-refractivity contribution in [1.82, 2.24) is 0 Å². The van der Waals surface area contributed by atoms with Crippen LogP contribution in [0.2, 0.25) is 0 Å². The van der Waals surface area contributed by atoms with Crippen molar-refractivity contribution in [2.45, 2.75) is 6.42 Å². The monoisotopic (exact) mass is 232 g/mol. The van der Waals surface area contributed by atoms with Crippen molar-refractivity contribution in [2.24, 2.45) is 0 Å². The van der Waals surface area contributed by atoms with Crippen LogP contribution in [0, 0.1) is 21.4 Å². The van der Waals surface area contributed by atoms with Crippen molar-refractivity contribution >= 4 is 17.7 Å². The molecule has 0 amide bonds. The fraction of sp³-hybridized carbons (Fsp3) is 0.0909. The second-order valence-corrected chi connectivity index (χ2v) is 3.15. The Balaban J connectivity index is 3.01. The minimum absolute atomic E-state index is 0.0228. The van der Waals surface area contributed by atoms with Crippen molar-refractivity contribution in [1.29, 1.82) is 5.26 Å². The number of nitro groups is 1. The third kappa shape index (κ3) is 3.43. The van der Waals surface area contributed by atoms with E-state index in [0.717, 1.165) is 0 Å². The first-order chi connectivity index (χ1) is 8.04. The lowest BCUT2D eigenvalue weighted by atomic mass is 10.1. The molecular weight excluding hydrogens is 224 g/mol. The molecule has 1 aromatic rings. The average molecular weight is 232 g/mol. The Morgan fingerprint density at radius 1 is 1.59 bits per heavy atom. The third-order valence-corrected chi connectivity index (χ3v) is 1.94. The number of rotatable bonds is 4. The summed E-state index contributed by atoms with van der Waals surface area (Å²) in [4.78, 5) is 20.3. The molecule has 0 spiro atoms. The second kappa shape index (κ2) is 5.42. The largest absolute Gasteiger partial charge is 0.481 e. The molecular formula is C11H8N2O4. The fourth-order valence-corrected chi connectivity index (χ4v) is 1.19. The highest BCUT2D eigenvalue weighted by Gasteiger charge is 2.12. The molecule has 6 nitrogen and oxygen atoms in total. The Hall–Kier alpha value is -2.68. The molecule has 0 heterocycles. The summed E-state index contributed by atoms with van der Waals surface area (Å²) in [5.41, 5.74) is 0.173. The normalized spacial score (nSPS) is 10.1. The van der Waals surface area contributed by atoms with E-state index in [0.29, 0.717) is 5.56 Å². The Kier molecular flexibility index (Phi) is 3.95. The number of carbonyl (C=O) groups is 1. The second-order valence-electron chi connectivity index (χ2n) is 3.15. The van der Waals surface area contributed by atoms with Gasteiger partial charge in [-0.3, -0.25) is 14.9 Å². The molecule has 0 bridgehead atoms. The zero-order valence-corrected chi connectivity index (χ0v) is 8.66. The van der Waals surface area contributed by atoms with Gasteiger partial charge in [-0.1, -0.05) is 18.2 Å². The molecule has 0 fully saturated rings. The number of hydrogen-bond donors (Lipinski definition) is 1. The van der Waals surface area contributed by atoms with Gasteiger partial charge in [0.05, 0.1) is 11.3 Å². The highest BCUT2D eigenvalue weighted by molar-refractivity contribution is 5.70. The minimum atomic E-state index is -0.982. The van der Waals surface area contributed by atoms with Gasteiger partial charge >= 0.3 is 5.97 Å². The van der Waals surface area contributed by atoms with E-state index in [2.05, 4.69) is 0 Å². The van der Waals surface area contributed by atoms with Gasteiger partial charge in [0.2, 0.25) is 0 Å².